The second-order valence-electron chi connectivity index (χ2n) is 4.67. The Kier molecular flexibility index (Phi) is 5.49. The first-order valence-corrected chi connectivity index (χ1v) is 6.05. The molecule has 0 bridgehead atoms. The van der Waals surface area contributed by atoms with E-state index < -0.39 is 0 Å². The fraction of sp³-hybridized carbons (Fsp3) is 1.00. The summed E-state index contributed by atoms with van der Waals surface area (Å²) in [5.41, 5.74) is 0. The van der Waals surface area contributed by atoms with Gasteiger partial charge in [0.15, 0.2) is 0 Å². The largest absolute Gasteiger partial charge is 0.381 e. The molecule has 0 aromatic carbocycles. The van der Waals surface area contributed by atoms with Crippen LogP contribution in [0.3, 0.4) is 0 Å². The van der Waals surface area contributed by atoms with Crippen LogP contribution in [0.15, 0.2) is 0 Å². The molecule has 1 rings (SSSR count). The minimum Gasteiger partial charge on any atom is -0.381 e. The normalized spacial score (nSPS) is 27.2. The van der Waals surface area contributed by atoms with Crippen molar-refractivity contribution in [1.82, 2.24) is 5.32 Å². The SMILES string of the molecule is CCC(C)C(C)NCC1CCCOC1. The maximum absolute atomic E-state index is 5.46. The van der Waals surface area contributed by atoms with E-state index in [9.17, 15) is 0 Å². The fourth-order valence-electron chi connectivity index (χ4n) is 1.88. The van der Waals surface area contributed by atoms with Gasteiger partial charge in [-0.3, -0.25) is 0 Å². The molecular weight excluding hydrogens is 174 g/mol. The molecule has 1 fully saturated rings. The van der Waals surface area contributed by atoms with Crippen LogP contribution in [0.4, 0.5) is 0 Å². The molecule has 0 radical (unpaired) electrons. The van der Waals surface area contributed by atoms with E-state index in [0.717, 1.165) is 31.6 Å². The van der Waals surface area contributed by atoms with E-state index in [2.05, 4.69) is 26.1 Å². The lowest BCUT2D eigenvalue weighted by molar-refractivity contribution is 0.0533. The second kappa shape index (κ2) is 6.41. The molecule has 2 nitrogen and oxygen atoms in total. The van der Waals surface area contributed by atoms with Gasteiger partial charge in [0.2, 0.25) is 0 Å². The molecule has 0 amide bonds. The molecule has 84 valence electrons. The smallest absolute Gasteiger partial charge is 0.0506 e. The number of hydrogen-bond donors (Lipinski definition) is 1. The van der Waals surface area contributed by atoms with Gasteiger partial charge in [0.1, 0.15) is 0 Å². The lowest BCUT2D eigenvalue weighted by atomic mass is 9.98. The Bertz CT molecular complexity index is 141. The third kappa shape index (κ3) is 3.97. The predicted octanol–water partition coefficient (Wildman–Crippen LogP) is 2.44. The first kappa shape index (κ1) is 12.0. The van der Waals surface area contributed by atoms with Crippen molar-refractivity contribution in [1.29, 1.82) is 0 Å². The van der Waals surface area contributed by atoms with Gasteiger partial charge in [0.25, 0.3) is 0 Å². The molecule has 0 aromatic heterocycles. The van der Waals surface area contributed by atoms with Gasteiger partial charge < -0.3 is 10.1 Å². The van der Waals surface area contributed by atoms with E-state index in [-0.39, 0.29) is 0 Å². The first-order valence-electron chi connectivity index (χ1n) is 6.05. The van der Waals surface area contributed by atoms with E-state index in [1.807, 2.05) is 0 Å². The molecule has 1 aliphatic rings. The Morgan fingerprint density at radius 2 is 2.21 bits per heavy atom. The summed E-state index contributed by atoms with van der Waals surface area (Å²) in [6.45, 7) is 9.92. The third-order valence-corrected chi connectivity index (χ3v) is 3.48. The highest BCUT2D eigenvalue weighted by Crippen LogP contribution is 2.13. The standard InChI is InChI=1S/C12H25NO/c1-4-10(2)11(3)13-8-12-6-5-7-14-9-12/h10-13H,4-9H2,1-3H3. The van der Waals surface area contributed by atoms with Crippen molar-refractivity contribution in [2.24, 2.45) is 11.8 Å². The third-order valence-electron chi connectivity index (χ3n) is 3.48. The summed E-state index contributed by atoms with van der Waals surface area (Å²) in [4.78, 5) is 0. The van der Waals surface area contributed by atoms with Crippen LogP contribution in [0, 0.1) is 11.8 Å². The number of ether oxygens (including phenoxy) is 1. The van der Waals surface area contributed by atoms with Gasteiger partial charge in [0.05, 0.1) is 6.61 Å². The van der Waals surface area contributed by atoms with Crippen LogP contribution in [0.5, 0.6) is 0 Å². The van der Waals surface area contributed by atoms with Gasteiger partial charge >= 0.3 is 0 Å². The van der Waals surface area contributed by atoms with E-state index in [4.69, 9.17) is 4.74 Å². The molecule has 0 saturated carbocycles. The monoisotopic (exact) mass is 199 g/mol. The molecule has 1 N–H and O–H groups in total. The molecule has 1 aliphatic heterocycles. The summed E-state index contributed by atoms with van der Waals surface area (Å²) in [5, 5.41) is 3.62. The number of hydrogen-bond acceptors (Lipinski definition) is 2. The van der Waals surface area contributed by atoms with Gasteiger partial charge in [-0.1, -0.05) is 20.3 Å². The van der Waals surface area contributed by atoms with Crippen LogP contribution in [0.25, 0.3) is 0 Å². The molecule has 14 heavy (non-hydrogen) atoms. The summed E-state index contributed by atoms with van der Waals surface area (Å²) in [5.74, 6) is 1.52. The van der Waals surface area contributed by atoms with Gasteiger partial charge in [0, 0.05) is 19.2 Å². The zero-order chi connectivity index (χ0) is 10.4. The molecule has 0 aliphatic carbocycles. The Labute approximate surface area is 88.4 Å². The van der Waals surface area contributed by atoms with Crippen LogP contribution in [-0.2, 0) is 4.74 Å². The van der Waals surface area contributed by atoms with Crippen LogP contribution >= 0.6 is 0 Å². The van der Waals surface area contributed by atoms with Crippen molar-refractivity contribution in [2.45, 2.75) is 46.1 Å². The predicted molar refractivity (Wildman–Crippen MR) is 60.5 cm³/mol. The van der Waals surface area contributed by atoms with Crippen LogP contribution in [-0.4, -0.2) is 25.8 Å². The summed E-state index contributed by atoms with van der Waals surface area (Å²) in [6, 6.07) is 0.641. The van der Waals surface area contributed by atoms with E-state index in [0.29, 0.717) is 6.04 Å². The zero-order valence-electron chi connectivity index (χ0n) is 9.88. The quantitative estimate of drug-likeness (QED) is 0.734. The number of rotatable bonds is 5. The second-order valence-corrected chi connectivity index (χ2v) is 4.67. The van der Waals surface area contributed by atoms with Gasteiger partial charge in [-0.2, -0.15) is 0 Å². The average Bonchev–Trinajstić information content (AvgIpc) is 2.26. The van der Waals surface area contributed by atoms with Gasteiger partial charge in [-0.25, -0.2) is 0 Å². The lowest BCUT2D eigenvalue weighted by Crippen LogP contribution is -2.37. The van der Waals surface area contributed by atoms with Crippen LogP contribution in [0.2, 0.25) is 0 Å². The highest BCUT2D eigenvalue weighted by molar-refractivity contribution is 4.71. The van der Waals surface area contributed by atoms with Gasteiger partial charge in [-0.05, 0) is 31.6 Å². The summed E-state index contributed by atoms with van der Waals surface area (Å²) in [6.07, 6.45) is 3.83. The average molecular weight is 199 g/mol. The van der Waals surface area contributed by atoms with E-state index in [1.54, 1.807) is 0 Å². The van der Waals surface area contributed by atoms with Crippen molar-refractivity contribution in [3.05, 3.63) is 0 Å². The molecule has 1 saturated heterocycles. The molecule has 1 heterocycles. The molecule has 2 heteroatoms. The highest BCUT2D eigenvalue weighted by Gasteiger charge is 2.16. The highest BCUT2D eigenvalue weighted by atomic mass is 16.5. The molecular formula is C12H25NO. The van der Waals surface area contributed by atoms with E-state index >= 15 is 0 Å². The maximum Gasteiger partial charge on any atom is 0.0506 e. The van der Waals surface area contributed by atoms with Crippen molar-refractivity contribution >= 4 is 0 Å². The fourth-order valence-corrected chi connectivity index (χ4v) is 1.88. The Hall–Kier alpha value is -0.0800. The maximum atomic E-state index is 5.46. The Morgan fingerprint density at radius 1 is 1.43 bits per heavy atom. The van der Waals surface area contributed by atoms with Crippen molar-refractivity contribution in [2.75, 3.05) is 19.8 Å². The first-order chi connectivity index (χ1) is 6.74. The molecule has 0 aromatic rings. The van der Waals surface area contributed by atoms with Crippen molar-refractivity contribution in [3.8, 4) is 0 Å². The van der Waals surface area contributed by atoms with Crippen molar-refractivity contribution < 1.29 is 4.74 Å². The van der Waals surface area contributed by atoms with Crippen LogP contribution < -0.4 is 5.32 Å². The summed E-state index contributed by atoms with van der Waals surface area (Å²) < 4.78 is 5.46. The zero-order valence-corrected chi connectivity index (χ0v) is 9.88. The molecule has 3 unspecified atom stereocenters. The van der Waals surface area contributed by atoms with Gasteiger partial charge in [-0.15, -0.1) is 0 Å². The lowest BCUT2D eigenvalue weighted by Gasteiger charge is -2.26. The Balaban J connectivity index is 2.12. The topological polar surface area (TPSA) is 21.3 Å². The van der Waals surface area contributed by atoms with E-state index in [1.165, 1.54) is 19.3 Å². The molecule has 0 spiro atoms. The minimum atomic E-state index is 0.641. The minimum absolute atomic E-state index is 0.641. The summed E-state index contributed by atoms with van der Waals surface area (Å²) >= 11 is 0. The number of nitrogens with one attached hydrogen (secondary N) is 1. The Morgan fingerprint density at radius 3 is 2.79 bits per heavy atom. The summed E-state index contributed by atoms with van der Waals surface area (Å²) in [7, 11) is 0. The van der Waals surface area contributed by atoms with Crippen LogP contribution in [0.1, 0.15) is 40.0 Å². The molecule has 3 atom stereocenters. The van der Waals surface area contributed by atoms with Crippen molar-refractivity contribution in [3.63, 3.8) is 0 Å².